The lowest BCUT2D eigenvalue weighted by atomic mass is 10.2. The molecule has 0 unspecified atom stereocenters. The maximum atomic E-state index is 11.5. The molecule has 0 saturated carbocycles. The zero-order chi connectivity index (χ0) is 11.5. The van der Waals surface area contributed by atoms with Crippen LogP contribution in [0.5, 0.6) is 0 Å². The van der Waals surface area contributed by atoms with E-state index in [4.69, 9.17) is 11.6 Å². The van der Waals surface area contributed by atoms with E-state index in [2.05, 4.69) is 5.10 Å². The average molecular weight is 235 g/mol. The van der Waals surface area contributed by atoms with Crippen molar-refractivity contribution < 1.29 is 4.79 Å². The Morgan fingerprint density at radius 3 is 2.69 bits per heavy atom. The zero-order valence-electron chi connectivity index (χ0n) is 8.85. The number of para-hydroxylation sites is 1. The van der Waals surface area contributed by atoms with Gasteiger partial charge in [0.1, 0.15) is 5.15 Å². The topological polar surface area (TPSA) is 34.9 Å². The largest absolute Gasteiger partial charge is 0.294 e. The number of aromatic nitrogens is 2. The van der Waals surface area contributed by atoms with Crippen LogP contribution in [-0.4, -0.2) is 15.6 Å². The van der Waals surface area contributed by atoms with E-state index < -0.39 is 0 Å². The summed E-state index contributed by atoms with van der Waals surface area (Å²) in [6, 6.07) is 9.49. The van der Waals surface area contributed by atoms with E-state index in [0.717, 1.165) is 5.69 Å². The molecule has 0 aliphatic heterocycles. The summed E-state index contributed by atoms with van der Waals surface area (Å²) in [5.41, 5.74) is 1.33. The zero-order valence-corrected chi connectivity index (χ0v) is 9.61. The van der Waals surface area contributed by atoms with Gasteiger partial charge in [-0.15, -0.1) is 0 Å². The number of nitrogens with zero attached hydrogens (tertiary/aromatic N) is 2. The minimum absolute atomic E-state index is 0.00665. The number of rotatable bonds is 3. The van der Waals surface area contributed by atoms with Crippen molar-refractivity contribution in [3.8, 4) is 5.69 Å². The summed E-state index contributed by atoms with van der Waals surface area (Å²) in [7, 11) is 0. The number of hydrogen-bond acceptors (Lipinski definition) is 2. The van der Waals surface area contributed by atoms with Crippen LogP contribution in [-0.2, 0) is 0 Å². The predicted molar refractivity (Wildman–Crippen MR) is 63.2 cm³/mol. The Morgan fingerprint density at radius 2 is 2.06 bits per heavy atom. The fraction of sp³-hybridized carbons (Fsp3) is 0.167. The number of ketones is 1. The predicted octanol–water partition coefficient (Wildman–Crippen LogP) is 3.12. The first-order valence-corrected chi connectivity index (χ1v) is 5.44. The molecule has 82 valence electrons. The molecule has 0 fully saturated rings. The van der Waals surface area contributed by atoms with Crippen molar-refractivity contribution in [3.05, 3.63) is 47.2 Å². The number of hydrogen-bond donors (Lipinski definition) is 0. The Kier molecular flexibility index (Phi) is 3.06. The summed E-state index contributed by atoms with van der Waals surface area (Å²) in [6.07, 6.45) is 1.95. The molecular weight excluding hydrogens is 224 g/mol. The van der Waals surface area contributed by atoms with E-state index in [1.807, 2.05) is 30.3 Å². The molecule has 2 rings (SSSR count). The van der Waals surface area contributed by atoms with Crippen LogP contribution in [0.1, 0.15) is 23.7 Å². The van der Waals surface area contributed by atoms with Crippen molar-refractivity contribution in [1.29, 1.82) is 0 Å². The molecule has 0 spiro atoms. The molecule has 0 radical (unpaired) electrons. The SMILES string of the molecule is CCC(=O)c1cnn(-c2ccccc2)c1Cl. The summed E-state index contributed by atoms with van der Waals surface area (Å²) < 4.78 is 1.56. The maximum absolute atomic E-state index is 11.5. The van der Waals surface area contributed by atoms with Crippen LogP contribution in [0.4, 0.5) is 0 Å². The molecule has 0 amide bonds. The fourth-order valence-electron chi connectivity index (χ4n) is 1.46. The van der Waals surface area contributed by atoms with Gasteiger partial charge in [0.2, 0.25) is 0 Å². The van der Waals surface area contributed by atoms with E-state index >= 15 is 0 Å². The van der Waals surface area contributed by atoms with Gasteiger partial charge >= 0.3 is 0 Å². The molecular formula is C12H11ClN2O. The summed E-state index contributed by atoms with van der Waals surface area (Å²) in [6.45, 7) is 1.80. The van der Waals surface area contributed by atoms with E-state index in [1.165, 1.54) is 6.20 Å². The first kappa shape index (κ1) is 10.9. The van der Waals surface area contributed by atoms with Gasteiger partial charge < -0.3 is 0 Å². The molecule has 3 nitrogen and oxygen atoms in total. The third-order valence-corrected chi connectivity index (χ3v) is 2.70. The summed E-state index contributed by atoms with van der Waals surface area (Å²) in [5.74, 6) is 0.00665. The lowest BCUT2D eigenvalue weighted by Crippen LogP contribution is -1.98. The van der Waals surface area contributed by atoms with Crippen LogP contribution in [0.25, 0.3) is 5.69 Å². The lowest BCUT2D eigenvalue weighted by Gasteiger charge is -2.02. The van der Waals surface area contributed by atoms with Gasteiger partial charge in [-0.3, -0.25) is 4.79 Å². The fourth-order valence-corrected chi connectivity index (χ4v) is 1.76. The van der Waals surface area contributed by atoms with Gasteiger partial charge in [0.15, 0.2) is 5.78 Å². The first-order chi connectivity index (χ1) is 7.74. The van der Waals surface area contributed by atoms with Crippen LogP contribution >= 0.6 is 11.6 Å². The van der Waals surface area contributed by atoms with Crippen LogP contribution in [0, 0.1) is 0 Å². The molecule has 16 heavy (non-hydrogen) atoms. The quantitative estimate of drug-likeness (QED) is 0.765. The molecule has 4 heteroatoms. The Balaban J connectivity index is 2.45. The second-order valence-corrected chi connectivity index (χ2v) is 3.73. The van der Waals surface area contributed by atoms with Gasteiger partial charge in [0, 0.05) is 6.42 Å². The number of benzene rings is 1. The molecule has 0 saturated heterocycles. The Morgan fingerprint density at radius 1 is 1.38 bits per heavy atom. The molecule has 0 aliphatic carbocycles. The highest BCUT2D eigenvalue weighted by atomic mass is 35.5. The summed E-state index contributed by atoms with van der Waals surface area (Å²) in [4.78, 5) is 11.5. The minimum Gasteiger partial charge on any atom is -0.294 e. The van der Waals surface area contributed by atoms with E-state index in [1.54, 1.807) is 11.6 Å². The van der Waals surface area contributed by atoms with Crippen molar-refractivity contribution in [1.82, 2.24) is 9.78 Å². The second kappa shape index (κ2) is 4.49. The molecule has 1 heterocycles. The molecule has 0 aliphatic rings. The second-order valence-electron chi connectivity index (χ2n) is 3.37. The maximum Gasteiger partial charge on any atom is 0.167 e. The molecule has 0 N–H and O–H groups in total. The van der Waals surface area contributed by atoms with Crippen LogP contribution < -0.4 is 0 Å². The van der Waals surface area contributed by atoms with Crippen molar-refractivity contribution in [2.24, 2.45) is 0 Å². The monoisotopic (exact) mass is 234 g/mol. The summed E-state index contributed by atoms with van der Waals surface area (Å²) >= 11 is 6.11. The normalized spacial score (nSPS) is 10.4. The third-order valence-electron chi connectivity index (χ3n) is 2.33. The molecule has 1 aromatic heterocycles. The number of carbonyl (C=O) groups is 1. The molecule has 0 atom stereocenters. The van der Waals surface area contributed by atoms with Gasteiger partial charge in [0.25, 0.3) is 0 Å². The highest BCUT2D eigenvalue weighted by Gasteiger charge is 2.14. The van der Waals surface area contributed by atoms with Crippen LogP contribution in [0.2, 0.25) is 5.15 Å². The first-order valence-electron chi connectivity index (χ1n) is 5.06. The Bertz CT molecular complexity index is 505. The lowest BCUT2D eigenvalue weighted by molar-refractivity contribution is 0.0988. The van der Waals surface area contributed by atoms with Crippen molar-refractivity contribution in [2.75, 3.05) is 0 Å². The van der Waals surface area contributed by atoms with Crippen molar-refractivity contribution >= 4 is 17.4 Å². The van der Waals surface area contributed by atoms with Gasteiger partial charge in [0.05, 0.1) is 17.4 Å². The van der Waals surface area contributed by atoms with Crippen LogP contribution in [0.3, 0.4) is 0 Å². The third kappa shape index (κ3) is 1.86. The highest BCUT2D eigenvalue weighted by molar-refractivity contribution is 6.33. The van der Waals surface area contributed by atoms with E-state index in [-0.39, 0.29) is 5.78 Å². The minimum atomic E-state index is 0.00665. The smallest absolute Gasteiger partial charge is 0.167 e. The number of halogens is 1. The standard InChI is InChI=1S/C12H11ClN2O/c1-2-11(16)10-8-14-15(12(10)13)9-6-4-3-5-7-9/h3-8H,2H2,1H3. The average Bonchev–Trinajstić information content (AvgIpc) is 2.71. The Hall–Kier alpha value is -1.61. The van der Waals surface area contributed by atoms with Gasteiger partial charge in [-0.1, -0.05) is 36.7 Å². The molecule has 2 aromatic rings. The number of carbonyl (C=O) groups excluding carboxylic acids is 1. The van der Waals surface area contributed by atoms with Gasteiger partial charge in [-0.05, 0) is 12.1 Å². The highest BCUT2D eigenvalue weighted by Crippen LogP contribution is 2.20. The van der Waals surface area contributed by atoms with Crippen molar-refractivity contribution in [2.45, 2.75) is 13.3 Å². The van der Waals surface area contributed by atoms with Crippen LogP contribution in [0.15, 0.2) is 36.5 Å². The van der Waals surface area contributed by atoms with E-state index in [9.17, 15) is 4.79 Å². The van der Waals surface area contributed by atoms with Gasteiger partial charge in [-0.25, -0.2) is 4.68 Å². The molecule has 1 aromatic carbocycles. The molecule has 0 bridgehead atoms. The summed E-state index contributed by atoms with van der Waals surface area (Å²) in [5, 5.41) is 4.49. The van der Waals surface area contributed by atoms with E-state index in [0.29, 0.717) is 17.1 Å². The van der Waals surface area contributed by atoms with Gasteiger partial charge in [-0.2, -0.15) is 5.10 Å². The Labute approximate surface area is 98.7 Å². The number of Topliss-reactive ketones (excluding diaryl/α,β-unsaturated/α-hetero) is 1. The van der Waals surface area contributed by atoms with Crippen molar-refractivity contribution in [3.63, 3.8) is 0 Å².